The van der Waals surface area contributed by atoms with Gasteiger partial charge in [0.05, 0.1) is 10.6 Å². The van der Waals surface area contributed by atoms with Crippen LogP contribution < -0.4 is 0 Å². The molecule has 1 heterocycles. The SMILES string of the molecule is Cc1ccccc1-c1c(C=O)nnn1-c1cccc([N+](=O)[O-])c1. The minimum Gasteiger partial charge on any atom is -0.296 e. The first-order valence-corrected chi connectivity index (χ1v) is 6.83. The van der Waals surface area contributed by atoms with Crippen molar-refractivity contribution in [3.05, 3.63) is 69.9 Å². The van der Waals surface area contributed by atoms with Crippen molar-refractivity contribution in [2.45, 2.75) is 6.92 Å². The first-order valence-electron chi connectivity index (χ1n) is 6.83. The fourth-order valence-electron chi connectivity index (χ4n) is 2.38. The molecule has 7 nitrogen and oxygen atoms in total. The highest BCUT2D eigenvalue weighted by molar-refractivity contribution is 5.85. The summed E-state index contributed by atoms with van der Waals surface area (Å²) in [7, 11) is 0. The third kappa shape index (κ3) is 2.59. The Balaban J connectivity index is 2.24. The van der Waals surface area contributed by atoms with Crippen molar-refractivity contribution in [3.8, 4) is 16.9 Å². The van der Waals surface area contributed by atoms with E-state index in [2.05, 4.69) is 10.3 Å². The number of nitro groups is 1. The number of carbonyl (C=O) groups excluding carboxylic acids is 1. The molecule has 0 spiro atoms. The Morgan fingerprint density at radius 3 is 2.65 bits per heavy atom. The molecule has 0 N–H and O–H groups in total. The van der Waals surface area contributed by atoms with Gasteiger partial charge in [-0.05, 0) is 18.6 Å². The molecule has 0 bridgehead atoms. The van der Waals surface area contributed by atoms with E-state index in [-0.39, 0.29) is 11.4 Å². The number of benzene rings is 2. The average molecular weight is 308 g/mol. The van der Waals surface area contributed by atoms with Gasteiger partial charge >= 0.3 is 0 Å². The molecule has 0 aliphatic carbocycles. The number of rotatable bonds is 4. The van der Waals surface area contributed by atoms with E-state index in [1.807, 2.05) is 31.2 Å². The topological polar surface area (TPSA) is 90.9 Å². The number of nitro benzene ring substituents is 1. The van der Waals surface area contributed by atoms with Crippen LogP contribution in [-0.4, -0.2) is 26.2 Å². The molecule has 3 aromatic rings. The third-order valence-electron chi connectivity index (χ3n) is 3.49. The lowest BCUT2D eigenvalue weighted by atomic mass is 10.0. The largest absolute Gasteiger partial charge is 0.296 e. The number of nitrogens with zero attached hydrogens (tertiary/aromatic N) is 4. The summed E-state index contributed by atoms with van der Waals surface area (Å²) < 4.78 is 1.44. The van der Waals surface area contributed by atoms with Gasteiger partial charge in [-0.2, -0.15) is 0 Å². The number of hydrogen-bond donors (Lipinski definition) is 0. The summed E-state index contributed by atoms with van der Waals surface area (Å²) in [5.41, 5.74) is 2.86. The van der Waals surface area contributed by atoms with E-state index in [9.17, 15) is 14.9 Å². The van der Waals surface area contributed by atoms with Gasteiger partial charge in [0.2, 0.25) is 0 Å². The summed E-state index contributed by atoms with van der Waals surface area (Å²) in [6, 6.07) is 13.5. The van der Waals surface area contributed by atoms with Crippen LogP contribution in [0.3, 0.4) is 0 Å². The van der Waals surface area contributed by atoms with E-state index in [1.54, 1.807) is 12.1 Å². The summed E-state index contributed by atoms with van der Waals surface area (Å²) in [5, 5.41) is 18.8. The van der Waals surface area contributed by atoms with Gasteiger partial charge in [-0.15, -0.1) is 5.10 Å². The Labute approximate surface area is 131 Å². The van der Waals surface area contributed by atoms with Gasteiger partial charge in [-0.25, -0.2) is 4.68 Å². The zero-order valence-corrected chi connectivity index (χ0v) is 12.2. The molecule has 23 heavy (non-hydrogen) atoms. The molecular formula is C16H12N4O3. The highest BCUT2D eigenvalue weighted by atomic mass is 16.6. The minimum absolute atomic E-state index is 0.0543. The smallest absolute Gasteiger partial charge is 0.271 e. The number of non-ortho nitro benzene ring substituents is 1. The van der Waals surface area contributed by atoms with Gasteiger partial charge in [-0.3, -0.25) is 14.9 Å². The van der Waals surface area contributed by atoms with Gasteiger partial charge in [0, 0.05) is 17.7 Å². The van der Waals surface area contributed by atoms with E-state index in [1.165, 1.54) is 16.8 Å². The highest BCUT2D eigenvalue weighted by Gasteiger charge is 2.18. The van der Waals surface area contributed by atoms with Crippen LogP contribution in [-0.2, 0) is 0 Å². The van der Waals surface area contributed by atoms with Crippen molar-refractivity contribution in [1.29, 1.82) is 0 Å². The van der Waals surface area contributed by atoms with Crippen LogP contribution >= 0.6 is 0 Å². The van der Waals surface area contributed by atoms with E-state index >= 15 is 0 Å². The molecule has 114 valence electrons. The first kappa shape index (κ1) is 14.6. The number of aromatic nitrogens is 3. The Hall–Kier alpha value is -3.35. The lowest BCUT2D eigenvalue weighted by Crippen LogP contribution is -2.02. The predicted molar refractivity (Wildman–Crippen MR) is 83.6 cm³/mol. The molecule has 0 fully saturated rings. The second kappa shape index (κ2) is 5.80. The minimum atomic E-state index is -0.478. The molecule has 0 unspecified atom stereocenters. The summed E-state index contributed by atoms with van der Waals surface area (Å²) in [6.45, 7) is 1.91. The molecule has 1 aromatic heterocycles. The highest BCUT2D eigenvalue weighted by Crippen LogP contribution is 2.28. The zero-order valence-electron chi connectivity index (χ0n) is 12.2. The maximum atomic E-state index is 11.3. The van der Waals surface area contributed by atoms with E-state index in [0.29, 0.717) is 17.7 Å². The van der Waals surface area contributed by atoms with Crippen molar-refractivity contribution < 1.29 is 9.72 Å². The molecule has 0 saturated heterocycles. The molecule has 2 aromatic carbocycles. The van der Waals surface area contributed by atoms with E-state index < -0.39 is 4.92 Å². The molecule has 0 aliphatic heterocycles. The van der Waals surface area contributed by atoms with E-state index in [4.69, 9.17) is 0 Å². The molecule has 0 amide bonds. The van der Waals surface area contributed by atoms with Crippen LogP contribution in [0, 0.1) is 17.0 Å². The Morgan fingerprint density at radius 1 is 1.17 bits per heavy atom. The van der Waals surface area contributed by atoms with E-state index in [0.717, 1.165) is 11.1 Å². The van der Waals surface area contributed by atoms with Gasteiger partial charge < -0.3 is 0 Å². The average Bonchev–Trinajstić information content (AvgIpc) is 2.99. The lowest BCUT2D eigenvalue weighted by molar-refractivity contribution is -0.384. The second-order valence-electron chi connectivity index (χ2n) is 4.94. The second-order valence-corrected chi connectivity index (χ2v) is 4.94. The van der Waals surface area contributed by atoms with Crippen LogP contribution in [0.1, 0.15) is 16.1 Å². The molecule has 0 aliphatic rings. The fourth-order valence-corrected chi connectivity index (χ4v) is 2.38. The van der Waals surface area contributed by atoms with Crippen LogP contribution in [0.25, 0.3) is 16.9 Å². The molecular weight excluding hydrogens is 296 g/mol. The predicted octanol–water partition coefficient (Wildman–Crippen LogP) is 2.96. The standard InChI is InChI=1S/C16H12N4O3/c1-11-5-2-3-8-14(11)16-15(10-21)17-18-19(16)12-6-4-7-13(9-12)20(22)23/h2-10H,1H3. The number of hydrogen-bond acceptors (Lipinski definition) is 5. The van der Waals surface area contributed by atoms with Crippen molar-refractivity contribution in [1.82, 2.24) is 15.0 Å². The quantitative estimate of drug-likeness (QED) is 0.420. The van der Waals surface area contributed by atoms with Gasteiger partial charge in [0.1, 0.15) is 5.69 Å². The first-order chi connectivity index (χ1) is 11.1. The van der Waals surface area contributed by atoms with Gasteiger partial charge in [-0.1, -0.05) is 35.5 Å². The monoisotopic (exact) mass is 308 g/mol. The fraction of sp³-hybridized carbons (Fsp3) is 0.0625. The normalized spacial score (nSPS) is 10.5. The number of carbonyl (C=O) groups is 1. The summed E-state index contributed by atoms with van der Waals surface area (Å²) in [6.07, 6.45) is 0.628. The van der Waals surface area contributed by atoms with Crippen LogP contribution in [0.5, 0.6) is 0 Å². The van der Waals surface area contributed by atoms with Gasteiger partial charge in [0.25, 0.3) is 5.69 Å². The summed E-state index contributed by atoms with van der Waals surface area (Å²) in [4.78, 5) is 21.8. The molecule has 7 heteroatoms. The van der Waals surface area contributed by atoms with Crippen molar-refractivity contribution in [2.75, 3.05) is 0 Å². The third-order valence-corrected chi connectivity index (χ3v) is 3.49. The van der Waals surface area contributed by atoms with Crippen LogP contribution in [0.2, 0.25) is 0 Å². The number of aryl methyl sites for hydroxylation is 1. The Kier molecular flexibility index (Phi) is 3.68. The number of aldehydes is 1. The van der Waals surface area contributed by atoms with Crippen molar-refractivity contribution in [2.24, 2.45) is 0 Å². The van der Waals surface area contributed by atoms with Crippen LogP contribution in [0.4, 0.5) is 5.69 Å². The van der Waals surface area contributed by atoms with Crippen molar-refractivity contribution in [3.63, 3.8) is 0 Å². The van der Waals surface area contributed by atoms with Crippen LogP contribution in [0.15, 0.2) is 48.5 Å². The summed E-state index contributed by atoms with van der Waals surface area (Å²) >= 11 is 0. The lowest BCUT2D eigenvalue weighted by Gasteiger charge is -2.09. The molecule has 0 radical (unpaired) electrons. The molecule has 3 rings (SSSR count). The maximum absolute atomic E-state index is 11.3. The molecule has 0 saturated carbocycles. The zero-order chi connectivity index (χ0) is 16.4. The maximum Gasteiger partial charge on any atom is 0.271 e. The summed E-state index contributed by atoms with van der Waals surface area (Å²) in [5.74, 6) is 0. The Bertz CT molecular complexity index is 902. The van der Waals surface area contributed by atoms with Gasteiger partial charge in [0.15, 0.2) is 12.0 Å². The molecule has 0 atom stereocenters. The van der Waals surface area contributed by atoms with Crippen molar-refractivity contribution >= 4 is 12.0 Å². The Morgan fingerprint density at radius 2 is 1.96 bits per heavy atom.